The van der Waals surface area contributed by atoms with E-state index in [9.17, 15) is 18.8 Å². The SMILES string of the molecule is CCOC(=O)c1oc2ccccc2c1NC(=O)COC(=O)c1ccc(F)cc1. The maximum atomic E-state index is 12.9. The molecule has 1 aromatic heterocycles. The summed E-state index contributed by atoms with van der Waals surface area (Å²) in [5, 5.41) is 3.02. The number of amides is 1. The number of ether oxygens (including phenoxy) is 2. The summed E-state index contributed by atoms with van der Waals surface area (Å²) >= 11 is 0. The van der Waals surface area contributed by atoms with Gasteiger partial charge in [-0.25, -0.2) is 14.0 Å². The van der Waals surface area contributed by atoms with E-state index in [1.165, 1.54) is 12.1 Å². The van der Waals surface area contributed by atoms with E-state index in [0.29, 0.717) is 11.0 Å². The van der Waals surface area contributed by atoms with Crippen LogP contribution in [0.2, 0.25) is 0 Å². The van der Waals surface area contributed by atoms with Crippen molar-refractivity contribution in [2.24, 2.45) is 0 Å². The van der Waals surface area contributed by atoms with E-state index in [2.05, 4.69) is 5.32 Å². The van der Waals surface area contributed by atoms with Gasteiger partial charge in [0.05, 0.1) is 12.2 Å². The largest absolute Gasteiger partial charge is 0.460 e. The molecule has 28 heavy (non-hydrogen) atoms. The minimum atomic E-state index is -0.780. The van der Waals surface area contributed by atoms with Gasteiger partial charge in [-0.05, 0) is 43.3 Å². The number of furan rings is 1. The zero-order chi connectivity index (χ0) is 20.1. The highest BCUT2D eigenvalue weighted by atomic mass is 19.1. The second-order valence-corrected chi connectivity index (χ2v) is 5.65. The summed E-state index contributed by atoms with van der Waals surface area (Å²) in [4.78, 5) is 36.3. The lowest BCUT2D eigenvalue weighted by atomic mass is 10.2. The number of halogens is 1. The Bertz CT molecular complexity index is 1020. The van der Waals surface area contributed by atoms with Gasteiger partial charge in [0.1, 0.15) is 17.1 Å². The number of hydrogen-bond acceptors (Lipinski definition) is 6. The Hall–Kier alpha value is -3.68. The standard InChI is InChI=1S/C20H16FNO6/c1-2-26-20(25)18-17(14-5-3-4-6-15(14)28-18)22-16(23)11-27-19(24)12-7-9-13(21)10-8-12/h3-10H,2,11H2,1H3,(H,22,23). The molecule has 1 N–H and O–H groups in total. The van der Waals surface area contributed by atoms with E-state index in [1.807, 2.05) is 0 Å². The maximum Gasteiger partial charge on any atom is 0.376 e. The van der Waals surface area contributed by atoms with Crippen molar-refractivity contribution in [3.63, 3.8) is 0 Å². The number of carbonyl (C=O) groups is 3. The fourth-order valence-corrected chi connectivity index (χ4v) is 2.49. The molecule has 0 unspecified atom stereocenters. The van der Waals surface area contributed by atoms with Crippen molar-refractivity contribution in [3.8, 4) is 0 Å². The zero-order valence-corrected chi connectivity index (χ0v) is 14.9. The Morgan fingerprint density at radius 3 is 2.43 bits per heavy atom. The number of hydrogen-bond donors (Lipinski definition) is 1. The fraction of sp³-hybridized carbons (Fsp3) is 0.150. The number of fused-ring (bicyclic) bond motifs is 1. The van der Waals surface area contributed by atoms with Crippen LogP contribution in [0, 0.1) is 5.82 Å². The molecule has 1 amide bonds. The molecule has 0 radical (unpaired) electrons. The third-order valence-electron chi connectivity index (χ3n) is 3.74. The highest BCUT2D eigenvalue weighted by molar-refractivity contribution is 6.09. The molecule has 0 fully saturated rings. The monoisotopic (exact) mass is 385 g/mol. The second-order valence-electron chi connectivity index (χ2n) is 5.65. The molecule has 0 bridgehead atoms. The van der Waals surface area contributed by atoms with Gasteiger partial charge in [-0.3, -0.25) is 4.79 Å². The second kappa shape index (κ2) is 8.34. The summed E-state index contributed by atoms with van der Waals surface area (Å²) in [6, 6.07) is 11.5. The molecular weight excluding hydrogens is 369 g/mol. The van der Waals surface area contributed by atoms with E-state index in [1.54, 1.807) is 31.2 Å². The first-order chi connectivity index (χ1) is 13.5. The van der Waals surface area contributed by atoms with Gasteiger partial charge >= 0.3 is 11.9 Å². The molecule has 3 aromatic rings. The topological polar surface area (TPSA) is 94.8 Å². The van der Waals surface area contributed by atoms with Crippen molar-refractivity contribution in [1.29, 1.82) is 0 Å². The van der Waals surface area contributed by atoms with Crippen LogP contribution in [-0.4, -0.2) is 31.1 Å². The Labute approximate surface area is 159 Å². The van der Waals surface area contributed by atoms with Gasteiger partial charge in [0, 0.05) is 5.39 Å². The lowest BCUT2D eigenvalue weighted by molar-refractivity contribution is -0.119. The van der Waals surface area contributed by atoms with E-state index < -0.39 is 30.3 Å². The summed E-state index contributed by atoms with van der Waals surface area (Å²) in [6.07, 6.45) is 0. The van der Waals surface area contributed by atoms with Gasteiger partial charge in [0.25, 0.3) is 5.91 Å². The summed E-state index contributed by atoms with van der Waals surface area (Å²) in [5.74, 6) is -2.82. The highest BCUT2D eigenvalue weighted by Crippen LogP contribution is 2.31. The molecule has 0 atom stereocenters. The van der Waals surface area contributed by atoms with Crippen LogP contribution in [0.1, 0.15) is 27.8 Å². The molecule has 0 saturated carbocycles. The van der Waals surface area contributed by atoms with E-state index in [0.717, 1.165) is 12.1 Å². The van der Waals surface area contributed by atoms with Gasteiger partial charge in [-0.2, -0.15) is 0 Å². The first-order valence-corrected chi connectivity index (χ1v) is 8.40. The third kappa shape index (κ3) is 4.17. The predicted molar refractivity (Wildman–Crippen MR) is 97.5 cm³/mol. The number of para-hydroxylation sites is 1. The van der Waals surface area contributed by atoms with Crippen LogP contribution in [0.15, 0.2) is 52.9 Å². The number of nitrogens with one attached hydrogen (secondary N) is 1. The molecule has 3 rings (SSSR count). The van der Waals surface area contributed by atoms with Gasteiger partial charge in [-0.15, -0.1) is 0 Å². The third-order valence-corrected chi connectivity index (χ3v) is 3.74. The molecule has 7 nitrogen and oxygen atoms in total. The molecule has 0 spiro atoms. The lowest BCUT2D eigenvalue weighted by Gasteiger charge is -2.07. The summed E-state index contributed by atoms with van der Waals surface area (Å²) in [5.41, 5.74) is 0.635. The fourth-order valence-electron chi connectivity index (χ4n) is 2.49. The van der Waals surface area contributed by atoms with Crippen molar-refractivity contribution in [3.05, 3.63) is 65.7 Å². The van der Waals surface area contributed by atoms with Crippen LogP contribution in [0.25, 0.3) is 11.0 Å². The molecule has 2 aromatic carbocycles. The number of benzene rings is 2. The molecule has 0 aliphatic heterocycles. The molecule has 1 heterocycles. The van der Waals surface area contributed by atoms with Gasteiger partial charge in [-0.1, -0.05) is 12.1 Å². The van der Waals surface area contributed by atoms with E-state index >= 15 is 0 Å². The predicted octanol–water partition coefficient (Wildman–Crippen LogP) is 3.54. The minimum absolute atomic E-state index is 0.107. The Balaban J connectivity index is 1.73. The average Bonchev–Trinajstić information content (AvgIpc) is 3.05. The summed E-state index contributed by atoms with van der Waals surface area (Å²) in [7, 11) is 0. The smallest absolute Gasteiger partial charge is 0.376 e. The lowest BCUT2D eigenvalue weighted by Crippen LogP contribution is -2.22. The molecule has 144 valence electrons. The Morgan fingerprint density at radius 2 is 1.71 bits per heavy atom. The van der Waals surface area contributed by atoms with Crippen LogP contribution in [0.3, 0.4) is 0 Å². The molecule has 8 heteroatoms. The first-order valence-electron chi connectivity index (χ1n) is 8.40. The van der Waals surface area contributed by atoms with Crippen molar-refractivity contribution < 1.29 is 32.7 Å². The number of esters is 2. The summed E-state index contributed by atoms with van der Waals surface area (Å²) in [6.45, 7) is 1.18. The zero-order valence-electron chi connectivity index (χ0n) is 14.9. The molecule has 0 aliphatic carbocycles. The van der Waals surface area contributed by atoms with Gasteiger partial charge in [0.2, 0.25) is 5.76 Å². The van der Waals surface area contributed by atoms with Crippen LogP contribution < -0.4 is 5.32 Å². The maximum absolute atomic E-state index is 12.9. The normalized spacial score (nSPS) is 10.5. The Morgan fingerprint density at radius 1 is 1.00 bits per heavy atom. The van der Waals surface area contributed by atoms with Gasteiger partial charge in [0.15, 0.2) is 6.61 Å². The molecule has 0 aliphatic rings. The molecule has 0 saturated heterocycles. The van der Waals surface area contributed by atoms with Crippen molar-refractivity contribution in [2.75, 3.05) is 18.5 Å². The Kier molecular flexibility index (Phi) is 5.69. The highest BCUT2D eigenvalue weighted by Gasteiger charge is 2.23. The minimum Gasteiger partial charge on any atom is -0.460 e. The average molecular weight is 385 g/mol. The number of anilines is 1. The van der Waals surface area contributed by atoms with E-state index in [4.69, 9.17) is 13.9 Å². The van der Waals surface area contributed by atoms with Gasteiger partial charge < -0.3 is 19.2 Å². The van der Waals surface area contributed by atoms with Crippen LogP contribution in [0.5, 0.6) is 0 Å². The van der Waals surface area contributed by atoms with Crippen molar-refractivity contribution in [1.82, 2.24) is 0 Å². The van der Waals surface area contributed by atoms with Crippen molar-refractivity contribution >= 4 is 34.5 Å². The van der Waals surface area contributed by atoms with Crippen LogP contribution >= 0.6 is 0 Å². The van der Waals surface area contributed by atoms with Crippen LogP contribution in [-0.2, 0) is 14.3 Å². The molecular formula is C20H16FNO6. The number of carbonyl (C=O) groups excluding carboxylic acids is 3. The quantitative estimate of drug-likeness (QED) is 0.652. The number of rotatable bonds is 6. The first kappa shape index (κ1) is 19.1. The van der Waals surface area contributed by atoms with Crippen LogP contribution in [0.4, 0.5) is 10.1 Å². The van der Waals surface area contributed by atoms with E-state index in [-0.39, 0.29) is 23.6 Å². The summed E-state index contributed by atoms with van der Waals surface area (Å²) < 4.78 is 28.3. The van der Waals surface area contributed by atoms with Crippen molar-refractivity contribution in [2.45, 2.75) is 6.92 Å².